The Balaban J connectivity index is 1.49. The lowest BCUT2D eigenvalue weighted by Gasteiger charge is -2.15. The minimum atomic E-state index is -4.81. The second-order valence-electron chi connectivity index (χ2n) is 8.67. The van der Waals surface area contributed by atoms with Crippen molar-refractivity contribution in [1.82, 2.24) is 14.5 Å². The number of carbonyl (C=O) groups is 1. The maximum Gasteiger partial charge on any atom is 0.573 e. The Bertz CT molecular complexity index is 1710. The lowest BCUT2D eigenvalue weighted by atomic mass is 10.1. The van der Waals surface area contributed by atoms with E-state index in [0.717, 1.165) is 22.4 Å². The third-order valence-electron chi connectivity index (χ3n) is 5.97. The Morgan fingerprint density at radius 1 is 0.950 bits per heavy atom. The summed E-state index contributed by atoms with van der Waals surface area (Å²) in [5.41, 5.74) is 3.45. The Hall–Kier alpha value is -4.52. The SMILES string of the molecule is COc1cc(-c2nc3ccc(C)cc3n2CC(=O)Nc2nc3ccc(OC(F)(F)F)cc3s2)cc(OC)c1OC. The van der Waals surface area contributed by atoms with Crippen LogP contribution in [0.1, 0.15) is 5.56 Å². The number of methoxy groups -OCH3 is 3. The van der Waals surface area contributed by atoms with Gasteiger partial charge in [-0.25, -0.2) is 9.97 Å². The molecule has 2 aromatic heterocycles. The second-order valence-corrected chi connectivity index (χ2v) is 9.70. The van der Waals surface area contributed by atoms with Crippen molar-refractivity contribution in [1.29, 1.82) is 0 Å². The molecule has 40 heavy (non-hydrogen) atoms. The van der Waals surface area contributed by atoms with Crippen molar-refractivity contribution in [3.05, 3.63) is 54.1 Å². The molecule has 0 unspecified atom stereocenters. The highest BCUT2D eigenvalue weighted by Crippen LogP contribution is 2.41. The number of imidazole rings is 1. The molecule has 0 atom stereocenters. The molecule has 0 aliphatic heterocycles. The predicted octanol–water partition coefficient (Wildman–Crippen LogP) is 6.18. The molecule has 0 aliphatic carbocycles. The fourth-order valence-electron chi connectivity index (χ4n) is 4.28. The number of aromatic nitrogens is 3. The molecular weight excluding hydrogens is 549 g/mol. The van der Waals surface area contributed by atoms with Crippen molar-refractivity contribution in [2.24, 2.45) is 0 Å². The number of halogens is 3. The Labute approximate surface area is 230 Å². The van der Waals surface area contributed by atoms with Crippen molar-refractivity contribution in [3.8, 4) is 34.4 Å². The number of aryl methyl sites for hydroxylation is 1. The van der Waals surface area contributed by atoms with Gasteiger partial charge in [0.15, 0.2) is 16.6 Å². The van der Waals surface area contributed by atoms with Gasteiger partial charge in [0.05, 0.1) is 42.6 Å². The summed E-state index contributed by atoms with van der Waals surface area (Å²) in [6, 6.07) is 13.0. The van der Waals surface area contributed by atoms with E-state index in [9.17, 15) is 18.0 Å². The van der Waals surface area contributed by atoms with Crippen LogP contribution in [0.15, 0.2) is 48.5 Å². The van der Waals surface area contributed by atoms with Gasteiger partial charge in [-0.3, -0.25) is 4.79 Å². The molecule has 208 valence electrons. The number of amides is 1. The van der Waals surface area contributed by atoms with Crippen LogP contribution in [0, 0.1) is 6.92 Å². The summed E-state index contributed by atoms with van der Waals surface area (Å²) in [6.45, 7) is 1.82. The molecular formula is C27H23F3N4O5S. The highest BCUT2D eigenvalue weighted by Gasteiger charge is 2.31. The summed E-state index contributed by atoms with van der Waals surface area (Å²) in [5.74, 6) is 1.01. The molecule has 1 amide bonds. The second kappa shape index (κ2) is 10.6. The van der Waals surface area contributed by atoms with Crippen LogP contribution in [0.2, 0.25) is 0 Å². The first-order chi connectivity index (χ1) is 19.1. The van der Waals surface area contributed by atoms with E-state index in [0.29, 0.717) is 44.4 Å². The number of alkyl halides is 3. The topological polar surface area (TPSA) is 96.7 Å². The molecule has 0 fully saturated rings. The fraction of sp³-hybridized carbons (Fsp3) is 0.222. The number of thiazole rings is 1. The molecule has 0 saturated heterocycles. The number of anilines is 1. The smallest absolute Gasteiger partial charge is 0.493 e. The highest BCUT2D eigenvalue weighted by molar-refractivity contribution is 7.22. The van der Waals surface area contributed by atoms with Crippen LogP contribution in [-0.2, 0) is 11.3 Å². The van der Waals surface area contributed by atoms with E-state index >= 15 is 0 Å². The average Bonchev–Trinajstić information content (AvgIpc) is 3.46. The summed E-state index contributed by atoms with van der Waals surface area (Å²) in [7, 11) is 4.53. The number of fused-ring (bicyclic) bond motifs is 2. The van der Waals surface area contributed by atoms with Gasteiger partial charge in [0.2, 0.25) is 11.7 Å². The summed E-state index contributed by atoms with van der Waals surface area (Å²) < 4.78 is 60.4. The normalized spacial score (nSPS) is 11.6. The molecule has 13 heteroatoms. The molecule has 2 heterocycles. The Morgan fingerprint density at radius 3 is 2.30 bits per heavy atom. The maximum absolute atomic E-state index is 13.2. The van der Waals surface area contributed by atoms with E-state index in [1.54, 1.807) is 16.7 Å². The van der Waals surface area contributed by atoms with E-state index in [-0.39, 0.29) is 17.4 Å². The van der Waals surface area contributed by atoms with Crippen LogP contribution in [-0.4, -0.2) is 48.1 Å². The Morgan fingerprint density at radius 2 is 1.65 bits per heavy atom. The van der Waals surface area contributed by atoms with Crippen molar-refractivity contribution < 1.29 is 36.9 Å². The van der Waals surface area contributed by atoms with Gasteiger partial charge in [0, 0.05) is 11.6 Å². The first-order valence-electron chi connectivity index (χ1n) is 11.8. The van der Waals surface area contributed by atoms with Crippen molar-refractivity contribution in [2.45, 2.75) is 19.8 Å². The van der Waals surface area contributed by atoms with Gasteiger partial charge in [-0.2, -0.15) is 0 Å². The zero-order chi connectivity index (χ0) is 28.6. The number of carbonyl (C=O) groups excluding carboxylic acids is 1. The zero-order valence-corrected chi connectivity index (χ0v) is 22.6. The minimum absolute atomic E-state index is 0.121. The number of rotatable bonds is 8. The average molecular weight is 573 g/mol. The summed E-state index contributed by atoms with van der Waals surface area (Å²) >= 11 is 1.04. The van der Waals surface area contributed by atoms with Crippen LogP contribution < -0.4 is 24.3 Å². The van der Waals surface area contributed by atoms with Crippen molar-refractivity contribution in [3.63, 3.8) is 0 Å². The van der Waals surface area contributed by atoms with Crippen molar-refractivity contribution >= 4 is 43.6 Å². The number of nitrogens with one attached hydrogen (secondary N) is 1. The summed E-state index contributed by atoms with van der Waals surface area (Å²) in [6.07, 6.45) is -4.81. The third kappa shape index (κ3) is 5.45. The van der Waals surface area contributed by atoms with E-state index in [1.807, 2.05) is 25.1 Å². The quantitative estimate of drug-likeness (QED) is 0.237. The van der Waals surface area contributed by atoms with Gasteiger partial charge in [-0.1, -0.05) is 17.4 Å². The van der Waals surface area contributed by atoms with Crippen molar-refractivity contribution in [2.75, 3.05) is 26.6 Å². The first-order valence-corrected chi connectivity index (χ1v) is 12.6. The van der Waals surface area contributed by atoms with E-state index in [1.165, 1.54) is 39.5 Å². The molecule has 0 spiro atoms. The van der Waals surface area contributed by atoms with E-state index < -0.39 is 12.3 Å². The van der Waals surface area contributed by atoms with Gasteiger partial charge in [-0.05, 0) is 48.9 Å². The van der Waals surface area contributed by atoms with Crippen LogP contribution in [0.3, 0.4) is 0 Å². The molecule has 1 N–H and O–H groups in total. The predicted molar refractivity (Wildman–Crippen MR) is 144 cm³/mol. The van der Waals surface area contributed by atoms with Gasteiger partial charge in [0.1, 0.15) is 18.1 Å². The van der Waals surface area contributed by atoms with Crippen LogP contribution in [0.5, 0.6) is 23.0 Å². The fourth-order valence-corrected chi connectivity index (χ4v) is 5.19. The molecule has 9 nitrogen and oxygen atoms in total. The number of hydrogen-bond donors (Lipinski definition) is 1. The lowest BCUT2D eigenvalue weighted by Crippen LogP contribution is -2.19. The van der Waals surface area contributed by atoms with Gasteiger partial charge >= 0.3 is 6.36 Å². The number of ether oxygens (including phenoxy) is 4. The van der Waals surface area contributed by atoms with Crippen LogP contribution in [0.4, 0.5) is 18.3 Å². The summed E-state index contributed by atoms with van der Waals surface area (Å²) in [5, 5.41) is 2.98. The molecule has 0 radical (unpaired) electrons. The van der Waals surface area contributed by atoms with E-state index in [2.05, 4.69) is 15.0 Å². The Kier molecular flexibility index (Phi) is 7.15. The third-order valence-corrected chi connectivity index (χ3v) is 6.90. The monoisotopic (exact) mass is 572 g/mol. The minimum Gasteiger partial charge on any atom is -0.493 e. The van der Waals surface area contributed by atoms with Gasteiger partial charge < -0.3 is 28.8 Å². The number of hydrogen-bond acceptors (Lipinski definition) is 8. The van der Waals surface area contributed by atoms with Gasteiger partial charge in [-0.15, -0.1) is 13.2 Å². The summed E-state index contributed by atoms with van der Waals surface area (Å²) in [4.78, 5) is 22.3. The molecule has 0 aliphatic rings. The van der Waals surface area contributed by atoms with Crippen LogP contribution >= 0.6 is 11.3 Å². The first kappa shape index (κ1) is 27.1. The molecule has 5 rings (SSSR count). The standard InChI is InChI=1S/C27H23F3N4O5S/c1-14-5-7-17-19(9-14)34(25(31-17)15-10-20(36-2)24(38-4)21(11-15)37-3)13-23(35)33-26-32-18-8-6-16(12-22(18)40-26)39-27(28,29)30/h5-12H,13H2,1-4H3,(H,32,33,35). The molecule has 0 bridgehead atoms. The number of benzene rings is 3. The van der Waals surface area contributed by atoms with E-state index in [4.69, 9.17) is 19.2 Å². The molecule has 3 aromatic carbocycles. The zero-order valence-electron chi connectivity index (χ0n) is 21.8. The molecule has 5 aromatic rings. The largest absolute Gasteiger partial charge is 0.573 e. The number of nitrogens with zero attached hydrogens (tertiary/aromatic N) is 3. The maximum atomic E-state index is 13.2. The molecule has 0 saturated carbocycles. The van der Waals surface area contributed by atoms with Gasteiger partial charge in [0.25, 0.3) is 0 Å². The highest BCUT2D eigenvalue weighted by atomic mass is 32.1. The lowest BCUT2D eigenvalue weighted by molar-refractivity contribution is -0.274. The van der Waals surface area contributed by atoms with Crippen LogP contribution in [0.25, 0.3) is 32.6 Å².